The highest BCUT2D eigenvalue weighted by atomic mass is 19.1. The number of methoxy groups -OCH3 is 1. The molecule has 1 aromatic rings. The quantitative estimate of drug-likeness (QED) is 0.845. The van der Waals surface area contributed by atoms with Crippen LogP contribution in [0.1, 0.15) is 42.5 Å². The van der Waals surface area contributed by atoms with E-state index in [4.69, 9.17) is 4.74 Å². The van der Waals surface area contributed by atoms with Gasteiger partial charge in [0.2, 0.25) is 5.91 Å². The summed E-state index contributed by atoms with van der Waals surface area (Å²) >= 11 is 0. The van der Waals surface area contributed by atoms with Crippen LogP contribution in [0.3, 0.4) is 0 Å². The summed E-state index contributed by atoms with van der Waals surface area (Å²) in [6.07, 6.45) is 4.50. The van der Waals surface area contributed by atoms with E-state index in [0.717, 1.165) is 25.7 Å². The first kappa shape index (κ1) is 16.4. The Morgan fingerprint density at radius 3 is 2.76 bits per heavy atom. The summed E-state index contributed by atoms with van der Waals surface area (Å²) in [7, 11) is 1.39. The third-order valence-corrected chi connectivity index (χ3v) is 5.69. The summed E-state index contributed by atoms with van der Waals surface area (Å²) in [6, 6.07) is 4.95. The number of carbonyl (C=O) groups excluding carboxylic acids is 2. The molecule has 2 atom stereocenters. The van der Waals surface area contributed by atoms with Gasteiger partial charge in [-0.25, -0.2) is 4.39 Å². The molecule has 3 aliphatic rings. The Morgan fingerprint density at radius 2 is 2.04 bits per heavy atom. The lowest BCUT2D eigenvalue weighted by atomic mass is 9.83. The first-order chi connectivity index (χ1) is 12.1. The summed E-state index contributed by atoms with van der Waals surface area (Å²) in [6.45, 7) is 1.30. The average Bonchev–Trinajstić information content (AvgIpc) is 3.46. The van der Waals surface area contributed by atoms with Gasteiger partial charge >= 0.3 is 0 Å². The van der Waals surface area contributed by atoms with Crippen molar-refractivity contribution >= 4 is 11.8 Å². The van der Waals surface area contributed by atoms with Gasteiger partial charge in [-0.15, -0.1) is 0 Å². The van der Waals surface area contributed by atoms with Crippen molar-refractivity contribution in [1.82, 2.24) is 9.80 Å². The summed E-state index contributed by atoms with van der Waals surface area (Å²) in [4.78, 5) is 29.0. The fourth-order valence-electron chi connectivity index (χ4n) is 4.28. The summed E-state index contributed by atoms with van der Waals surface area (Å²) in [5, 5.41) is 0. The first-order valence-electron chi connectivity index (χ1n) is 9.02. The van der Waals surface area contributed by atoms with Gasteiger partial charge < -0.3 is 14.5 Å². The molecule has 0 aromatic heterocycles. The molecule has 1 aliphatic carbocycles. The smallest absolute Gasteiger partial charge is 0.254 e. The molecule has 25 heavy (non-hydrogen) atoms. The molecule has 0 radical (unpaired) electrons. The average molecular weight is 346 g/mol. The minimum Gasteiger partial charge on any atom is -0.494 e. The number of piperidine rings is 2. The highest BCUT2D eigenvalue weighted by Gasteiger charge is 2.45. The Labute approximate surface area is 146 Å². The van der Waals surface area contributed by atoms with Gasteiger partial charge in [0.15, 0.2) is 11.6 Å². The van der Waals surface area contributed by atoms with Crippen molar-refractivity contribution in [2.45, 2.75) is 44.2 Å². The number of hydrogen-bond donors (Lipinski definition) is 0. The molecule has 1 saturated carbocycles. The highest BCUT2D eigenvalue weighted by molar-refractivity contribution is 5.94. The maximum atomic E-state index is 13.6. The largest absolute Gasteiger partial charge is 0.494 e. The van der Waals surface area contributed by atoms with Gasteiger partial charge in [-0.1, -0.05) is 0 Å². The van der Waals surface area contributed by atoms with Crippen molar-refractivity contribution in [3.05, 3.63) is 29.6 Å². The van der Waals surface area contributed by atoms with E-state index < -0.39 is 5.82 Å². The van der Waals surface area contributed by atoms with Crippen molar-refractivity contribution < 1.29 is 18.7 Å². The number of fused-ring (bicyclic) bond motifs is 1. The van der Waals surface area contributed by atoms with Gasteiger partial charge in [0, 0.05) is 37.2 Å². The summed E-state index contributed by atoms with van der Waals surface area (Å²) < 4.78 is 18.5. The van der Waals surface area contributed by atoms with Crippen LogP contribution in [0.5, 0.6) is 5.75 Å². The number of nitrogens with zero attached hydrogens (tertiary/aromatic N) is 2. The number of ether oxygens (including phenoxy) is 1. The molecule has 6 heteroatoms. The van der Waals surface area contributed by atoms with Crippen molar-refractivity contribution in [1.29, 1.82) is 0 Å². The Hall–Kier alpha value is -2.11. The number of halogens is 1. The third kappa shape index (κ3) is 2.98. The lowest BCUT2D eigenvalue weighted by Crippen LogP contribution is -2.57. The second-order valence-electron chi connectivity index (χ2n) is 7.29. The Morgan fingerprint density at radius 1 is 1.24 bits per heavy atom. The van der Waals surface area contributed by atoms with Crippen LogP contribution in [-0.4, -0.2) is 53.9 Å². The van der Waals surface area contributed by atoms with E-state index in [1.807, 2.05) is 4.90 Å². The molecule has 5 nitrogen and oxygen atoms in total. The number of benzene rings is 1. The minimum absolute atomic E-state index is 0.0870. The molecular formula is C19H23FN2O3. The molecule has 0 bridgehead atoms. The van der Waals surface area contributed by atoms with E-state index in [0.29, 0.717) is 37.0 Å². The van der Waals surface area contributed by atoms with Gasteiger partial charge in [0.05, 0.1) is 7.11 Å². The maximum absolute atomic E-state index is 13.6. The zero-order chi connectivity index (χ0) is 17.6. The van der Waals surface area contributed by atoms with Gasteiger partial charge in [-0.2, -0.15) is 0 Å². The van der Waals surface area contributed by atoms with Crippen molar-refractivity contribution in [3.63, 3.8) is 0 Å². The molecule has 134 valence electrons. The lowest BCUT2D eigenvalue weighted by Gasteiger charge is -2.47. The molecule has 2 aliphatic heterocycles. The number of carbonyl (C=O) groups is 2. The first-order valence-corrected chi connectivity index (χ1v) is 9.02. The Kier molecular flexibility index (Phi) is 4.13. The maximum Gasteiger partial charge on any atom is 0.254 e. The van der Waals surface area contributed by atoms with E-state index in [9.17, 15) is 14.0 Å². The Balaban J connectivity index is 1.48. The fourth-order valence-corrected chi connectivity index (χ4v) is 4.28. The van der Waals surface area contributed by atoms with Gasteiger partial charge in [-0.05, 0) is 49.8 Å². The van der Waals surface area contributed by atoms with Gasteiger partial charge in [0.1, 0.15) is 0 Å². The van der Waals surface area contributed by atoms with Crippen LogP contribution in [0.2, 0.25) is 0 Å². The molecular weight excluding hydrogens is 323 g/mol. The number of likely N-dealkylation sites (tertiary alicyclic amines) is 2. The molecule has 2 unspecified atom stereocenters. The molecule has 0 spiro atoms. The van der Waals surface area contributed by atoms with E-state index in [1.165, 1.54) is 25.3 Å². The van der Waals surface area contributed by atoms with Crippen molar-refractivity contribution in [2.24, 2.45) is 5.92 Å². The standard InChI is InChI=1S/C19H23FN2O3/c1-25-17-10-12(2-6-15(17)20)19(24)21-9-8-16-13(11-21)3-7-18(23)22(16)14-4-5-14/h2,6,10,13-14,16H,3-5,7-9,11H2,1H3. The highest BCUT2D eigenvalue weighted by Crippen LogP contribution is 2.39. The molecule has 2 heterocycles. The zero-order valence-electron chi connectivity index (χ0n) is 14.4. The second-order valence-corrected chi connectivity index (χ2v) is 7.29. The van der Waals surface area contributed by atoms with Crippen LogP contribution < -0.4 is 4.74 Å². The van der Waals surface area contributed by atoms with Crippen LogP contribution in [0.25, 0.3) is 0 Å². The molecule has 2 amide bonds. The third-order valence-electron chi connectivity index (χ3n) is 5.69. The number of amides is 2. The van der Waals surface area contributed by atoms with Crippen LogP contribution in [-0.2, 0) is 4.79 Å². The second kappa shape index (κ2) is 6.32. The number of rotatable bonds is 3. The van der Waals surface area contributed by atoms with E-state index >= 15 is 0 Å². The predicted octanol–water partition coefficient (Wildman–Crippen LogP) is 2.45. The predicted molar refractivity (Wildman–Crippen MR) is 89.9 cm³/mol. The lowest BCUT2D eigenvalue weighted by molar-refractivity contribution is -0.141. The topological polar surface area (TPSA) is 49.9 Å². The molecule has 1 aromatic carbocycles. The summed E-state index contributed by atoms with van der Waals surface area (Å²) in [5.74, 6) is 0.157. The van der Waals surface area contributed by atoms with Crippen molar-refractivity contribution in [3.8, 4) is 5.75 Å². The van der Waals surface area contributed by atoms with Crippen LogP contribution in [0, 0.1) is 11.7 Å². The molecule has 2 saturated heterocycles. The minimum atomic E-state index is -0.469. The van der Waals surface area contributed by atoms with E-state index in [-0.39, 0.29) is 23.6 Å². The molecule has 0 N–H and O–H groups in total. The molecule has 3 fully saturated rings. The van der Waals surface area contributed by atoms with Gasteiger partial charge in [0.25, 0.3) is 5.91 Å². The van der Waals surface area contributed by atoms with E-state index in [2.05, 4.69) is 4.90 Å². The number of hydrogen-bond acceptors (Lipinski definition) is 3. The monoisotopic (exact) mass is 346 g/mol. The van der Waals surface area contributed by atoms with Crippen LogP contribution in [0.15, 0.2) is 18.2 Å². The van der Waals surface area contributed by atoms with E-state index in [1.54, 1.807) is 0 Å². The van der Waals surface area contributed by atoms with Crippen LogP contribution >= 0.6 is 0 Å². The SMILES string of the molecule is COc1cc(C(=O)N2CCC3C(CCC(=O)N3C3CC3)C2)ccc1F. The zero-order valence-corrected chi connectivity index (χ0v) is 14.4. The van der Waals surface area contributed by atoms with Crippen LogP contribution in [0.4, 0.5) is 4.39 Å². The Bertz CT molecular complexity index is 704. The summed E-state index contributed by atoms with van der Waals surface area (Å²) in [5.41, 5.74) is 0.447. The molecule has 4 rings (SSSR count). The normalized spacial score (nSPS) is 26.4. The van der Waals surface area contributed by atoms with Gasteiger partial charge in [-0.3, -0.25) is 9.59 Å². The fraction of sp³-hybridized carbons (Fsp3) is 0.579. The van der Waals surface area contributed by atoms with Crippen molar-refractivity contribution in [2.75, 3.05) is 20.2 Å².